The van der Waals surface area contributed by atoms with Crippen LogP contribution in [0.4, 0.5) is 5.69 Å². The molecule has 3 rings (SSSR count). The van der Waals surface area contributed by atoms with Gasteiger partial charge in [0.25, 0.3) is 0 Å². The average Bonchev–Trinajstić information content (AvgIpc) is 3.00. The molecule has 0 unspecified atom stereocenters. The van der Waals surface area contributed by atoms with Crippen molar-refractivity contribution < 1.29 is 4.52 Å². The first kappa shape index (κ1) is 13.4. The minimum absolute atomic E-state index is 0.313. The standard InChI is InChI=1S/C14H13N5OS/c15-14(21)10-7-17-11-4-2-1-3-9(11)13(10)16-6-5-12-18-8-19-20-12/h1-4,7-8H,5-6H2,(H2,15,21)(H,16,17). The largest absolute Gasteiger partial charge is 0.389 e. The summed E-state index contributed by atoms with van der Waals surface area (Å²) in [5.41, 5.74) is 8.28. The topological polar surface area (TPSA) is 89.9 Å². The van der Waals surface area contributed by atoms with Crippen molar-refractivity contribution in [2.45, 2.75) is 6.42 Å². The molecule has 7 heteroatoms. The lowest BCUT2D eigenvalue weighted by atomic mass is 10.1. The van der Waals surface area contributed by atoms with Crippen LogP contribution in [0, 0.1) is 0 Å². The summed E-state index contributed by atoms with van der Waals surface area (Å²) in [5.74, 6) is 0.581. The summed E-state index contributed by atoms with van der Waals surface area (Å²) in [5, 5.41) is 7.90. The van der Waals surface area contributed by atoms with Gasteiger partial charge < -0.3 is 15.6 Å². The number of rotatable bonds is 5. The summed E-state index contributed by atoms with van der Waals surface area (Å²) in [7, 11) is 0. The Balaban J connectivity index is 1.90. The maximum absolute atomic E-state index is 5.78. The smallest absolute Gasteiger partial charge is 0.228 e. The van der Waals surface area contributed by atoms with Crippen LogP contribution in [0.3, 0.4) is 0 Å². The molecule has 0 aliphatic heterocycles. The Labute approximate surface area is 126 Å². The van der Waals surface area contributed by atoms with Gasteiger partial charge in [-0.3, -0.25) is 4.98 Å². The van der Waals surface area contributed by atoms with E-state index in [4.69, 9.17) is 22.5 Å². The predicted molar refractivity (Wildman–Crippen MR) is 84.1 cm³/mol. The zero-order valence-corrected chi connectivity index (χ0v) is 11.9. The summed E-state index contributed by atoms with van der Waals surface area (Å²) < 4.78 is 4.97. The van der Waals surface area contributed by atoms with Gasteiger partial charge in [-0.05, 0) is 6.07 Å². The molecule has 0 atom stereocenters. The van der Waals surface area contributed by atoms with E-state index in [1.54, 1.807) is 6.20 Å². The lowest BCUT2D eigenvalue weighted by Crippen LogP contribution is -2.15. The van der Waals surface area contributed by atoms with Crippen LogP contribution in [-0.4, -0.2) is 26.7 Å². The van der Waals surface area contributed by atoms with Crippen LogP contribution in [0.2, 0.25) is 0 Å². The minimum Gasteiger partial charge on any atom is -0.389 e. The number of pyridine rings is 1. The fourth-order valence-electron chi connectivity index (χ4n) is 2.12. The van der Waals surface area contributed by atoms with E-state index in [1.807, 2.05) is 24.3 Å². The van der Waals surface area contributed by atoms with Gasteiger partial charge in [0.1, 0.15) is 4.99 Å². The molecular formula is C14H13N5OS. The van der Waals surface area contributed by atoms with Crippen molar-refractivity contribution in [3.63, 3.8) is 0 Å². The Kier molecular flexibility index (Phi) is 3.74. The third kappa shape index (κ3) is 2.82. The molecule has 0 spiro atoms. The van der Waals surface area contributed by atoms with E-state index in [0.29, 0.717) is 23.8 Å². The van der Waals surface area contributed by atoms with Gasteiger partial charge in [0, 0.05) is 24.5 Å². The summed E-state index contributed by atoms with van der Waals surface area (Å²) >= 11 is 5.10. The molecule has 0 fully saturated rings. The van der Waals surface area contributed by atoms with Crippen LogP contribution in [0.25, 0.3) is 10.9 Å². The molecule has 0 aliphatic carbocycles. The molecule has 106 valence electrons. The first-order valence-electron chi connectivity index (χ1n) is 6.42. The molecule has 3 N–H and O–H groups in total. The molecule has 1 aromatic carbocycles. The number of hydrogen-bond acceptors (Lipinski definition) is 6. The first-order valence-corrected chi connectivity index (χ1v) is 6.83. The number of anilines is 1. The summed E-state index contributed by atoms with van der Waals surface area (Å²) in [6.45, 7) is 0.631. The molecule has 21 heavy (non-hydrogen) atoms. The number of hydrogen-bond donors (Lipinski definition) is 2. The van der Waals surface area contributed by atoms with Crippen LogP contribution in [0.15, 0.2) is 41.3 Å². The van der Waals surface area contributed by atoms with Gasteiger partial charge in [-0.15, -0.1) is 0 Å². The molecule has 0 radical (unpaired) electrons. The number of fused-ring (bicyclic) bond motifs is 1. The Morgan fingerprint density at radius 2 is 2.14 bits per heavy atom. The Morgan fingerprint density at radius 1 is 1.29 bits per heavy atom. The fraction of sp³-hybridized carbons (Fsp3) is 0.143. The molecular weight excluding hydrogens is 286 g/mol. The normalized spacial score (nSPS) is 10.7. The number of nitrogens with two attached hydrogens (primary N) is 1. The summed E-state index contributed by atoms with van der Waals surface area (Å²) in [4.78, 5) is 8.67. The Hall–Kier alpha value is -2.54. The van der Waals surface area contributed by atoms with E-state index in [-0.39, 0.29) is 0 Å². The van der Waals surface area contributed by atoms with Gasteiger partial charge in [0.05, 0.1) is 16.8 Å². The van der Waals surface area contributed by atoms with Gasteiger partial charge in [-0.25, -0.2) is 0 Å². The van der Waals surface area contributed by atoms with Gasteiger partial charge in [-0.1, -0.05) is 35.6 Å². The monoisotopic (exact) mass is 299 g/mol. The molecule has 0 aliphatic rings. The van der Waals surface area contributed by atoms with E-state index in [1.165, 1.54) is 6.33 Å². The summed E-state index contributed by atoms with van der Waals surface area (Å²) in [6.07, 6.45) is 3.70. The highest BCUT2D eigenvalue weighted by Gasteiger charge is 2.10. The number of para-hydroxylation sites is 1. The maximum atomic E-state index is 5.78. The van der Waals surface area contributed by atoms with Crippen molar-refractivity contribution in [3.05, 3.63) is 48.2 Å². The molecule has 0 saturated heterocycles. The van der Waals surface area contributed by atoms with Crippen molar-refractivity contribution in [2.75, 3.05) is 11.9 Å². The molecule has 2 heterocycles. The van der Waals surface area contributed by atoms with Crippen molar-refractivity contribution in [1.29, 1.82) is 0 Å². The second-order valence-electron chi connectivity index (χ2n) is 4.44. The van der Waals surface area contributed by atoms with Crippen LogP contribution >= 0.6 is 12.2 Å². The Morgan fingerprint density at radius 3 is 2.90 bits per heavy atom. The zero-order valence-electron chi connectivity index (χ0n) is 11.1. The van der Waals surface area contributed by atoms with Gasteiger partial charge in [0.15, 0.2) is 6.33 Å². The molecule has 3 aromatic rings. The molecule has 2 aromatic heterocycles. The second-order valence-corrected chi connectivity index (χ2v) is 4.88. The van der Waals surface area contributed by atoms with Gasteiger partial charge in [0.2, 0.25) is 5.89 Å². The van der Waals surface area contributed by atoms with E-state index in [2.05, 4.69) is 20.4 Å². The number of thiocarbonyl (C=S) groups is 1. The van der Waals surface area contributed by atoms with Crippen molar-refractivity contribution >= 4 is 33.8 Å². The predicted octanol–water partition coefficient (Wildman–Crippen LogP) is 1.91. The number of benzene rings is 1. The SMILES string of the molecule is NC(=S)c1cnc2ccccc2c1NCCc1ncno1. The third-order valence-electron chi connectivity index (χ3n) is 3.09. The van der Waals surface area contributed by atoms with Gasteiger partial charge >= 0.3 is 0 Å². The van der Waals surface area contributed by atoms with Crippen molar-refractivity contribution in [1.82, 2.24) is 15.1 Å². The number of nitrogens with one attached hydrogen (secondary N) is 1. The van der Waals surface area contributed by atoms with E-state index >= 15 is 0 Å². The van der Waals surface area contributed by atoms with Crippen molar-refractivity contribution in [3.8, 4) is 0 Å². The lowest BCUT2D eigenvalue weighted by Gasteiger charge is -2.13. The highest BCUT2D eigenvalue weighted by Crippen LogP contribution is 2.25. The number of nitrogens with zero attached hydrogens (tertiary/aromatic N) is 3. The highest BCUT2D eigenvalue weighted by molar-refractivity contribution is 7.80. The average molecular weight is 299 g/mol. The molecule has 0 amide bonds. The Bertz CT molecular complexity index is 772. The van der Waals surface area contributed by atoms with Crippen LogP contribution < -0.4 is 11.1 Å². The fourth-order valence-corrected chi connectivity index (χ4v) is 2.27. The van der Waals surface area contributed by atoms with Gasteiger partial charge in [-0.2, -0.15) is 4.98 Å². The molecule has 0 saturated carbocycles. The van der Waals surface area contributed by atoms with Crippen LogP contribution in [-0.2, 0) is 6.42 Å². The highest BCUT2D eigenvalue weighted by atomic mass is 32.1. The molecule has 6 nitrogen and oxygen atoms in total. The van der Waals surface area contributed by atoms with Crippen LogP contribution in [0.5, 0.6) is 0 Å². The maximum Gasteiger partial charge on any atom is 0.228 e. The minimum atomic E-state index is 0.313. The van der Waals surface area contributed by atoms with Crippen LogP contribution in [0.1, 0.15) is 11.5 Å². The lowest BCUT2D eigenvalue weighted by molar-refractivity contribution is 0.380. The zero-order chi connectivity index (χ0) is 14.7. The summed E-state index contributed by atoms with van der Waals surface area (Å²) in [6, 6.07) is 7.83. The van der Waals surface area contributed by atoms with E-state index in [0.717, 1.165) is 22.2 Å². The third-order valence-corrected chi connectivity index (χ3v) is 3.31. The van der Waals surface area contributed by atoms with E-state index in [9.17, 15) is 0 Å². The second kappa shape index (κ2) is 5.84. The van der Waals surface area contributed by atoms with E-state index < -0.39 is 0 Å². The van der Waals surface area contributed by atoms with Crippen molar-refractivity contribution in [2.24, 2.45) is 5.73 Å². The molecule has 0 bridgehead atoms. The number of aromatic nitrogens is 3. The quantitative estimate of drug-likeness (QED) is 0.695. The first-order chi connectivity index (χ1) is 10.3.